The number of nitrogens with one attached hydrogen (secondary N) is 2. The van der Waals surface area contributed by atoms with Crippen molar-refractivity contribution < 1.29 is 24.2 Å². The van der Waals surface area contributed by atoms with Crippen molar-refractivity contribution in [2.45, 2.75) is 70.9 Å². The molecule has 2 amide bonds. The van der Waals surface area contributed by atoms with Crippen molar-refractivity contribution in [3.8, 4) is 11.5 Å². The summed E-state index contributed by atoms with van der Waals surface area (Å²) >= 11 is 0. The summed E-state index contributed by atoms with van der Waals surface area (Å²) in [6.45, 7) is 3.91. The molecule has 0 spiro atoms. The van der Waals surface area contributed by atoms with E-state index < -0.39 is 12.0 Å². The third kappa shape index (κ3) is 5.22. The van der Waals surface area contributed by atoms with Gasteiger partial charge in [0.1, 0.15) is 6.10 Å². The summed E-state index contributed by atoms with van der Waals surface area (Å²) in [5, 5.41) is 15.4. The van der Waals surface area contributed by atoms with Crippen LogP contribution < -0.4 is 15.4 Å². The number of urea groups is 1. The molecular formula is C22H30N2O5. The molecule has 3 N–H and O–H groups in total. The van der Waals surface area contributed by atoms with Crippen LogP contribution >= 0.6 is 0 Å². The molecule has 7 heteroatoms. The third-order valence-corrected chi connectivity index (χ3v) is 5.43. The maximum Gasteiger partial charge on any atom is 0.338 e. The van der Waals surface area contributed by atoms with Crippen LogP contribution in [0.1, 0.15) is 70.4 Å². The molecule has 0 aromatic heterocycles. The lowest BCUT2D eigenvalue weighted by Crippen LogP contribution is -2.45. The van der Waals surface area contributed by atoms with E-state index in [1.807, 2.05) is 6.92 Å². The molecule has 3 rings (SSSR count). The fraction of sp³-hybridized carbons (Fsp3) is 0.545. The SMILES string of the molecule is CCOc1cc(C2NC(=O)NC(C)=C2C(=O)OC2CCCCCCC2)ccc1O. The minimum atomic E-state index is -0.676. The lowest BCUT2D eigenvalue weighted by Gasteiger charge is -2.30. The summed E-state index contributed by atoms with van der Waals surface area (Å²) in [7, 11) is 0. The van der Waals surface area contributed by atoms with E-state index in [9.17, 15) is 14.7 Å². The van der Waals surface area contributed by atoms with Gasteiger partial charge in [0, 0.05) is 5.70 Å². The molecule has 0 radical (unpaired) electrons. The summed E-state index contributed by atoms with van der Waals surface area (Å²) in [5.74, 6) is -0.102. The lowest BCUT2D eigenvalue weighted by atomic mass is 9.94. The standard InChI is InChI=1S/C22H30N2O5/c1-3-28-18-13-15(11-12-17(18)25)20-19(14(2)23-22(27)24-20)21(26)29-16-9-7-5-4-6-8-10-16/h11-13,16,20,25H,3-10H2,1-2H3,(H2,23,24,27). The first-order valence-corrected chi connectivity index (χ1v) is 10.4. The zero-order valence-electron chi connectivity index (χ0n) is 17.1. The van der Waals surface area contributed by atoms with Crippen LogP contribution in [-0.2, 0) is 9.53 Å². The molecule has 7 nitrogen and oxygen atoms in total. The Kier molecular flexibility index (Phi) is 7.01. The monoisotopic (exact) mass is 402 g/mol. The molecule has 0 saturated heterocycles. The summed E-state index contributed by atoms with van der Waals surface area (Å²) in [4.78, 5) is 25.2. The summed E-state index contributed by atoms with van der Waals surface area (Å²) in [6.07, 6.45) is 7.35. The molecule has 2 aliphatic rings. The van der Waals surface area contributed by atoms with Crippen LogP contribution in [0.25, 0.3) is 0 Å². The van der Waals surface area contributed by atoms with Crippen molar-refractivity contribution in [1.29, 1.82) is 0 Å². The number of ether oxygens (including phenoxy) is 2. The first-order valence-electron chi connectivity index (χ1n) is 10.4. The number of hydrogen-bond donors (Lipinski definition) is 3. The molecule has 1 aliphatic heterocycles. The normalized spacial score (nSPS) is 20.9. The van der Waals surface area contributed by atoms with Crippen LogP contribution in [0.4, 0.5) is 4.79 Å². The van der Waals surface area contributed by atoms with E-state index in [2.05, 4.69) is 10.6 Å². The van der Waals surface area contributed by atoms with Crippen molar-refractivity contribution in [2.75, 3.05) is 6.61 Å². The van der Waals surface area contributed by atoms with Gasteiger partial charge >= 0.3 is 12.0 Å². The minimum Gasteiger partial charge on any atom is -0.504 e. The Balaban J connectivity index is 1.85. The molecule has 158 valence electrons. The van der Waals surface area contributed by atoms with E-state index in [1.165, 1.54) is 25.3 Å². The highest BCUT2D eigenvalue weighted by molar-refractivity contribution is 5.95. The van der Waals surface area contributed by atoms with Crippen molar-refractivity contribution in [3.63, 3.8) is 0 Å². The van der Waals surface area contributed by atoms with Crippen molar-refractivity contribution in [3.05, 3.63) is 35.0 Å². The van der Waals surface area contributed by atoms with Gasteiger partial charge in [0.05, 0.1) is 18.2 Å². The average molecular weight is 402 g/mol. The van der Waals surface area contributed by atoms with Crippen LogP contribution in [0, 0.1) is 0 Å². The molecule has 1 fully saturated rings. The zero-order chi connectivity index (χ0) is 20.8. The first kappa shape index (κ1) is 21.0. The Hall–Kier alpha value is -2.70. The number of phenols is 1. The summed E-state index contributed by atoms with van der Waals surface area (Å²) in [6, 6.07) is 3.75. The largest absolute Gasteiger partial charge is 0.504 e. The van der Waals surface area contributed by atoms with Gasteiger partial charge in [-0.3, -0.25) is 0 Å². The smallest absolute Gasteiger partial charge is 0.338 e. The maximum atomic E-state index is 13.1. The van der Waals surface area contributed by atoms with Gasteiger partial charge < -0.3 is 25.2 Å². The highest BCUT2D eigenvalue weighted by Gasteiger charge is 2.33. The number of phenolic OH excluding ortho intramolecular Hbond substituents is 1. The van der Waals surface area contributed by atoms with Crippen LogP contribution in [0.3, 0.4) is 0 Å². The van der Waals surface area contributed by atoms with E-state index in [0.29, 0.717) is 29.2 Å². The fourth-order valence-electron chi connectivity index (χ4n) is 3.95. The van der Waals surface area contributed by atoms with Gasteiger partial charge in [-0.05, 0) is 57.2 Å². The van der Waals surface area contributed by atoms with Crippen molar-refractivity contribution in [2.24, 2.45) is 0 Å². The Labute approximate surface area is 171 Å². The number of carbonyl (C=O) groups is 2. The van der Waals surface area contributed by atoms with Crippen LogP contribution in [0.15, 0.2) is 29.5 Å². The predicted molar refractivity (Wildman–Crippen MR) is 109 cm³/mol. The van der Waals surface area contributed by atoms with E-state index >= 15 is 0 Å². The summed E-state index contributed by atoms with van der Waals surface area (Å²) < 4.78 is 11.3. The maximum absolute atomic E-state index is 13.1. The quantitative estimate of drug-likeness (QED) is 0.645. The van der Waals surface area contributed by atoms with Gasteiger partial charge in [-0.2, -0.15) is 0 Å². The second kappa shape index (κ2) is 9.67. The topological polar surface area (TPSA) is 96.9 Å². The average Bonchev–Trinajstić information content (AvgIpc) is 2.65. The van der Waals surface area contributed by atoms with Gasteiger partial charge in [-0.25, -0.2) is 9.59 Å². The molecule has 0 bridgehead atoms. The highest BCUT2D eigenvalue weighted by Crippen LogP contribution is 2.34. The Morgan fingerprint density at radius 1 is 1.17 bits per heavy atom. The van der Waals surface area contributed by atoms with Gasteiger partial charge in [0.15, 0.2) is 11.5 Å². The van der Waals surface area contributed by atoms with Crippen molar-refractivity contribution in [1.82, 2.24) is 10.6 Å². The number of aromatic hydroxyl groups is 1. The Morgan fingerprint density at radius 3 is 2.55 bits per heavy atom. The lowest BCUT2D eigenvalue weighted by molar-refractivity contribution is -0.145. The number of carbonyl (C=O) groups excluding carboxylic acids is 2. The van der Waals surface area contributed by atoms with Crippen LogP contribution in [0.2, 0.25) is 0 Å². The number of esters is 1. The van der Waals surface area contributed by atoms with Crippen LogP contribution in [-0.4, -0.2) is 29.8 Å². The molecule has 1 aromatic carbocycles. The number of hydrogen-bond acceptors (Lipinski definition) is 5. The number of allylic oxidation sites excluding steroid dienone is 1. The van der Waals surface area contributed by atoms with Gasteiger partial charge in [-0.15, -0.1) is 0 Å². The molecule has 1 atom stereocenters. The number of amides is 2. The molecular weight excluding hydrogens is 372 g/mol. The van der Waals surface area contributed by atoms with E-state index in [-0.39, 0.29) is 17.9 Å². The minimum absolute atomic E-state index is 0.00945. The van der Waals surface area contributed by atoms with E-state index in [1.54, 1.807) is 19.1 Å². The Bertz CT molecular complexity index is 781. The fourth-order valence-corrected chi connectivity index (χ4v) is 3.95. The van der Waals surface area contributed by atoms with Gasteiger partial charge in [0.25, 0.3) is 0 Å². The molecule has 1 aromatic rings. The second-order valence-electron chi connectivity index (χ2n) is 7.60. The molecule has 29 heavy (non-hydrogen) atoms. The zero-order valence-corrected chi connectivity index (χ0v) is 17.1. The first-order chi connectivity index (χ1) is 14.0. The molecule has 1 unspecified atom stereocenters. The predicted octanol–water partition coefficient (Wildman–Crippen LogP) is 4.07. The van der Waals surface area contributed by atoms with Crippen LogP contribution in [0.5, 0.6) is 11.5 Å². The highest BCUT2D eigenvalue weighted by atomic mass is 16.5. The van der Waals surface area contributed by atoms with Gasteiger partial charge in [0.2, 0.25) is 0 Å². The Morgan fingerprint density at radius 2 is 1.86 bits per heavy atom. The summed E-state index contributed by atoms with van der Waals surface area (Å²) in [5.41, 5.74) is 1.49. The molecule has 1 aliphatic carbocycles. The third-order valence-electron chi connectivity index (χ3n) is 5.43. The van der Waals surface area contributed by atoms with E-state index in [4.69, 9.17) is 9.47 Å². The second-order valence-corrected chi connectivity index (χ2v) is 7.60. The van der Waals surface area contributed by atoms with Crippen molar-refractivity contribution >= 4 is 12.0 Å². The van der Waals surface area contributed by atoms with E-state index in [0.717, 1.165) is 25.7 Å². The van der Waals surface area contributed by atoms with Gasteiger partial charge in [-0.1, -0.05) is 25.3 Å². The number of benzene rings is 1. The number of rotatable bonds is 5. The molecule has 1 saturated carbocycles. The molecule has 1 heterocycles.